The van der Waals surface area contributed by atoms with E-state index >= 15 is 0 Å². The van der Waals surface area contributed by atoms with Crippen molar-refractivity contribution in [1.82, 2.24) is 10.2 Å². The molecule has 1 atom stereocenters. The fourth-order valence-corrected chi connectivity index (χ4v) is 5.50. The first-order chi connectivity index (χ1) is 17.9. The Morgan fingerprint density at radius 2 is 1.76 bits per heavy atom. The van der Waals surface area contributed by atoms with Crippen molar-refractivity contribution in [2.45, 2.75) is 57.7 Å². The number of hydrogen-bond acceptors (Lipinski definition) is 3. The zero-order valence-corrected chi connectivity index (χ0v) is 23.3. The molecule has 0 aliphatic heterocycles. The molecule has 0 heterocycles. The SMILES string of the molecule is Cc1ccccc1CN(C(=O)COc1ccc(Cl)cc1Br)[C@H](Cc1ccccc1)C(=O)NC1CCCC1. The normalized spacial score (nSPS) is 14.2. The Morgan fingerprint density at radius 1 is 1.05 bits per heavy atom. The third-order valence-corrected chi connectivity index (χ3v) is 7.67. The Kier molecular flexibility index (Phi) is 9.64. The third-order valence-electron chi connectivity index (χ3n) is 6.82. The van der Waals surface area contributed by atoms with E-state index in [0.717, 1.165) is 42.4 Å². The summed E-state index contributed by atoms with van der Waals surface area (Å²) in [5.41, 5.74) is 3.06. The van der Waals surface area contributed by atoms with Gasteiger partial charge in [-0.1, -0.05) is 79.0 Å². The molecule has 0 bridgehead atoms. The number of nitrogens with zero attached hydrogens (tertiary/aromatic N) is 1. The van der Waals surface area contributed by atoms with Crippen LogP contribution in [0.4, 0.5) is 0 Å². The average Bonchev–Trinajstić information content (AvgIpc) is 3.40. The van der Waals surface area contributed by atoms with Gasteiger partial charge in [0.25, 0.3) is 5.91 Å². The molecule has 194 valence electrons. The van der Waals surface area contributed by atoms with Crippen LogP contribution in [0.5, 0.6) is 5.75 Å². The van der Waals surface area contributed by atoms with E-state index in [-0.39, 0.29) is 24.5 Å². The van der Waals surface area contributed by atoms with Gasteiger partial charge in [0.2, 0.25) is 5.91 Å². The first-order valence-corrected chi connectivity index (χ1v) is 13.8. The van der Waals surface area contributed by atoms with Gasteiger partial charge in [0.05, 0.1) is 4.47 Å². The first kappa shape index (κ1) is 27.2. The van der Waals surface area contributed by atoms with Crippen molar-refractivity contribution in [2.24, 2.45) is 0 Å². The zero-order chi connectivity index (χ0) is 26.2. The number of aryl methyl sites for hydroxylation is 1. The summed E-state index contributed by atoms with van der Waals surface area (Å²) in [6.45, 7) is 2.13. The van der Waals surface area contributed by atoms with Crippen LogP contribution in [0.15, 0.2) is 77.3 Å². The molecule has 7 heteroatoms. The van der Waals surface area contributed by atoms with Crippen LogP contribution < -0.4 is 10.1 Å². The number of carbonyl (C=O) groups excluding carboxylic acids is 2. The molecule has 37 heavy (non-hydrogen) atoms. The fraction of sp³-hybridized carbons (Fsp3) is 0.333. The summed E-state index contributed by atoms with van der Waals surface area (Å²) in [5.74, 6) is 0.140. The molecule has 2 amide bonds. The molecule has 1 aliphatic rings. The summed E-state index contributed by atoms with van der Waals surface area (Å²) in [7, 11) is 0. The Morgan fingerprint density at radius 3 is 2.46 bits per heavy atom. The number of halogens is 2. The van der Waals surface area contributed by atoms with Gasteiger partial charge in [0, 0.05) is 24.0 Å². The molecule has 1 saturated carbocycles. The van der Waals surface area contributed by atoms with Gasteiger partial charge in [0.15, 0.2) is 6.61 Å². The molecule has 0 spiro atoms. The summed E-state index contributed by atoms with van der Waals surface area (Å²) in [6.07, 6.45) is 4.60. The van der Waals surface area contributed by atoms with Crippen molar-refractivity contribution in [1.29, 1.82) is 0 Å². The van der Waals surface area contributed by atoms with Crippen LogP contribution in [0.25, 0.3) is 0 Å². The molecule has 3 aromatic carbocycles. The van der Waals surface area contributed by atoms with Crippen LogP contribution in [0.3, 0.4) is 0 Å². The second kappa shape index (κ2) is 13.1. The minimum atomic E-state index is -0.674. The quantitative estimate of drug-likeness (QED) is 0.297. The Labute approximate surface area is 232 Å². The molecule has 3 aromatic rings. The molecule has 1 aliphatic carbocycles. The molecule has 1 fully saturated rings. The summed E-state index contributed by atoms with van der Waals surface area (Å²) in [6, 6.07) is 22.4. The first-order valence-electron chi connectivity index (χ1n) is 12.7. The smallest absolute Gasteiger partial charge is 0.261 e. The lowest BCUT2D eigenvalue weighted by molar-refractivity contribution is -0.143. The van der Waals surface area contributed by atoms with E-state index in [1.54, 1.807) is 23.1 Å². The summed E-state index contributed by atoms with van der Waals surface area (Å²) in [4.78, 5) is 29.2. The zero-order valence-electron chi connectivity index (χ0n) is 21.0. The number of rotatable bonds is 10. The molecular formula is C30H32BrClN2O3. The van der Waals surface area contributed by atoms with Crippen LogP contribution in [-0.4, -0.2) is 35.4 Å². The standard InChI is InChI=1S/C30H32BrClN2O3/c1-21-9-5-6-12-23(21)19-34(29(35)20-37-28-16-15-24(32)18-26(28)31)27(17-22-10-3-2-4-11-22)30(36)33-25-13-7-8-14-25/h2-6,9-12,15-16,18,25,27H,7-8,13-14,17,19-20H2,1H3,(H,33,36)/t27-/m1/s1. The molecule has 0 aromatic heterocycles. The van der Waals surface area contributed by atoms with Gasteiger partial charge in [0.1, 0.15) is 11.8 Å². The predicted molar refractivity (Wildman–Crippen MR) is 151 cm³/mol. The monoisotopic (exact) mass is 582 g/mol. The average molecular weight is 584 g/mol. The van der Waals surface area contributed by atoms with Gasteiger partial charge >= 0.3 is 0 Å². The molecule has 0 saturated heterocycles. The van der Waals surface area contributed by atoms with E-state index in [1.165, 1.54) is 0 Å². The number of benzene rings is 3. The molecule has 4 rings (SSSR count). The van der Waals surface area contributed by atoms with E-state index in [2.05, 4.69) is 21.2 Å². The molecule has 5 nitrogen and oxygen atoms in total. The van der Waals surface area contributed by atoms with Crippen molar-refractivity contribution >= 4 is 39.3 Å². The topological polar surface area (TPSA) is 58.6 Å². The van der Waals surface area contributed by atoms with Gasteiger partial charge < -0.3 is 15.0 Å². The van der Waals surface area contributed by atoms with Gasteiger partial charge in [-0.25, -0.2) is 0 Å². The molecule has 0 radical (unpaired) electrons. The maximum Gasteiger partial charge on any atom is 0.261 e. The van der Waals surface area contributed by atoms with Gasteiger partial charge in [-0.3, -0.25) is 9.59 Å². The van der Waals surface area contributed by atoms with Crippen LogP contribution in [-0.2, 0) is 22.6 Å². The molecular weight excluding hydrogens is 552 g/mol. The van der Waals surface area contributed by atoms with Crippen LogP contribution in [0.1, 0.15) is 42.4 Å². The van der Waals surface area contributed by atoms with Crippen molar-refractivity contribution in [3.8, 4) is 5.75 Å². The second-order valence-corrected chi connectivity index (χ2v) is 10.8. The number of ether oxygens (including phenoxy) is 1. The van der Waals surface area contributed by atoms with Crippen LogP contribution in [0.2, 0.25) is 5.02 Å². The van der Waals surface area contributed by atoms with E-state index in [9.17, 15) is 9.59 Å². The molecule has 0 unspecified atom stereocenters. The van der Waals surface area contributed by atoms with Crippen LogP contribution >= 0.6 is 27.5 Å². The van der Waals surface area contributed by atoms with E-state index < -0.39 is 6.04 Å². The van der Waals surface area contributed by atoms with Crippen molar-refractivity contribution < 1.29 is 14.3 Å². The second-order valence-electron chi connectivity index (χ2n) is 9.51. The maximum atomic E-state index is 13.8. The number of nitrogens with one attached hydrogen (secondary N) is 1. The minimum Gasteiger partial charge on any atom is -0.483 e. The van der Waals surface area contributed by atoms with Crippen LogP contribution in [0, 0.1) is 6.92 Å². The molecule has 1 N–H and O–H groups in total. The van der Waals surface area contributed by atoms with E-state index in [0.29, 0.717) is 28.2 Å². The van der Waals surface area contributed by atoms with Crippen molar-refractivity contribution in [2.75, 3.05) is 6.61 Å². The fourth-order valence-electron chi connectivity index (χ4n) is 4.71. The highest BCUT2D eigenvalue weighted by Crippen LogP contribution is 2.28. The summed E-state index contributed by atoms with van der Waals surface area (Å²) >= 11 is 9.50. The lowest BCUT2D eigenvalue weighted by Gasteiger charge is -2.32. The third kappa shape index (κ3) is 7.59. The largest absolute Gasteiger partial charge is 0.483 e. The highest BCUT2D eigenvalue weighted by molar-refractivity contribution is 9.10. The van der Waals surface area contributed by atoms with E-state index in [4.69, 9.17) is 16.3 Å². The van der Waals surface area contributed by atoms with Gasteiger partial charge in [-0.2, -0.15) is 0 Å². The Bertz CT molecular complexity index is 1210. The van der Waals surface area contributed by atoms with Gasteiger partial charge in [-0.05, 0) is 70.6 Å². The lowest BCUT2D eigenvalue weighted by Crippen LogP contribution is -2.53. The highest BCUT2D eigenvalue weighted by atomic mass is 79.9. The number of amides is 2. The maximum absolute atomic E-state index is 13.8. The Balaban J connectivity index is 1.63. The minimum absolute atomic E-state index is 0.120. The van der Waals surface area contributed by atoms with E-state index in [1.807, 2.05) is 61.5 Å². The number of carbonyl (C=O) groups is 2. The lowest BCUT2D eigenvalue weighted by atomic mass is 10.0. The van der Waals surface area contributed by atoms with Crippen molar-refractivity contribution in [3.05, 3.63) is 99.0 Å². The summed E-state index contributed by atoms with van der Waals surface area (Å²) < 4.78 is 6.55. The Hall–Kier alpha value is -2.83. The summed E-state index contributed by atoms with van der Waals surface area (Å²) in [5, 5.41) is 3.80. The number of hydrogen-bond donors (Lipinski definition) is 1. The highest BCUT2D eigenvalue weighted by Gasteiger charge is 2.32. The predicted octanol–water partition coefficient (Wildman–Crippen LogP) is 6.49. The van der Waals surface area contributed by atoms with Gasteiger partial charge in [-0.15, -0.1) is 0 Å². The van der Waals surface area contributed by atoms with Crippen molar-refractivity contribution in [3.63, 3.8) is 0 Å².